The highest BCUT2D eigenvalue weighted by molar-refractivity contribution is 5.96. The maximum Gasteiger partial charge on any atom is 0.319 e. The maximum atomic E-state index is 12.5. The SMILES string of the molecule is CC(C)NC(=O)Nc1cccc(C(=O)NCc2ccc(N3CC(C)OC(C)C3)nc2)c1. The number of urea groups is 1. The average molecular weight is 426 g/mol. The van der Waals surface area contributed by atoms with E-state index in [1.165, 1.54) is 0 Å². The molecule has 1 aromatic heterocycles. The van der Waals surface area contributed by atoms with E-state index in [2.05, 4.69) is 39.7 Å². The average Bonchev–Trinajstić information content (AvgIpc) is 2.71. The summed E-state index contributed by atoms with van der Waals surface area (Å²) < 4.78 is 5.77. The van der Waals surface area contributed by atoms with Crippen LogP contribution in [-0.4, -0.2) is 48.3 Å². The standard InChI is InChI=1S/C23H31N5O3/c1-15(2)26-23(30)27-20-7-5-6-19(10-20)22(29)25-12-18-8-9-21(24-11-18)28-13-16(3)31-17(4)14-28/h5-11,15-17H,12-14H2,1-4H3,(H,25,29)(H2,26,27,30). The summed E-state index contributed by atoms with van der Waals surface area (Å²) in [6.45, 7) is 9.88. The third-order valence-electron chi connectivity index (χ3n) is 4.81. The number of aromatic nitrogens is 1. The summed E-state index contributed by atoms with van der Waals surface area (Å²) in [4.78, 5) is 31.2. The van der Waals surface area contributed by atoms with Crippen molar-refractivity contribution in [1.82, 2.24) is 15.6 Å². The quantitative estimate of drug-likeness (QED) is 0.661. The molecule has 1 aliphatic rings. The molecular weight excluding hydrogens is 394 g/mol. The molecule has 3 rings (SSSR count). The number of pyridine rings is 1. The predicted octanol–water partition coefficient (Wildman–Crippen LogP) is 3.16. The smallest absolute Gasteiger partial charge is 0.319 e. The van der Waals surface area contributed by atoms with Crippen LogP contribution in [-0.2, 0) is 11.3 Å². The fourth-order valence-electron chi connectivity index (χ4n) is 3.53. The first-order chi connectivity index (χ1) is 14.8. The lowest BCUT2D eigenvalue weighted by molar-refractivity contribution is -0.00546. The molecule has 0 saturated carbocycles. The Morgan fingerprint density at radius 3 is 2.55 bits per heavy atom. The second-order valence-electron chi connectivity index (χ2n) is 8.20. The van der Waals surface area contributed by atoms with Gasteiger partial charge in [-0.05, 0) is 57.5 Å². The number of hydrogen-bond acceptors (Lipinski definition) is 5. The van der Waals surface area contributed by atoms with Crippen molar-refractivity contribution in [3.05, 3.63) is 53.7 Å². The highest BCUT2D eigenvalue weighted by atomic mass is 16.5. The van der Waals surface area contributed by atoms with E-state index in [1.54, 1.807) is 30.5 Å². The van der Waals surface area contributed by atoms with Crippen LogP contribution in [0.5, 0.6) is 0 Å². The molecule has 1 aromatic carbocycles. The number of amides is 3. The Morgan fingerprint density at radius 1 is 1.16 bits per heavy atom. The first-order valence-corrected chi connectivity index (χ1v) is 10.6. The molecule has 2 aromatic rings. The lowest BCUT2D eigenvalue weighted by Crippen LogP contribution is -2.45. The molecule has 3 N–H and O–H groups in total. The molecule has 2 heterocycles. The van der Waals surface area contributed by atoms with E-state index < -0.39 is 0 Å². The van der Waals surface area contributed by atoms with Gasteiger partial charge < -0.3 is 25.6 Å². The van der Waals surface area contributed by atoms with Crippen molar-refractivity contribution in [1.29, 1.82) is 0 Å². The lowest BCUT2D eigenvalue weighted by Gasteiger charge is -2.36. The Balaban J connectivity index is 1.55. The first kappa shape index (κ1) is 22.6. The number of carbonyl (C=O) groups excluding carboxylic acids is 2. The highest BCUT2D eigenvalue weighted by Gasteiger charge is 2.23. The molecule has 1 aliphatic heterocycles. The number of hydrogen-bond donors (Lipinski definition) is 3. The van der Waals surface area contributed by atoms with Crippen LogP contribution in [0.15, 0.2) is 42.6 Å². The maximum absolute atomic E-state index is 12.5. The summed E-state index contributed by atoms with van der Waals surface area (Å²) >= 11 is 0. The van der Waals surface area contributed by atoms with E-state index in [9.17, 15) is 9.59 Å². The topological polar surface area (TPSA) is 95.6 Å². The van der Waals surface area contributed by atoms with Gasteiger partial charge >= 0.3 is 6.03 Å². The summed E-state index contributed by atoms with van der Waals surface area (Å²) in [5.41, 5.74) is 1.95. The number of carbonyl (C=O) groups is 2. The van der Waals surface area contributed by atoms with Gasteiger partial charge in [-0.2, -0.15) is 0 Å². The van der Waals surface area contributed by atoms with Gasteiger partial charge in [0.1, 0.15) is 5.82 Å². The van der Waals surface area contributed by atoms with Gasteiger partial charge in [-0.1, -0.05) is 12.1 Å². The molecule has 166 valence electrons. The van der Waals surface area contributed by atoms with Crippen LogP contribution < -0.4 is 20.9 Å². The van der Waals surface area contributed by atoms with Crippen molar-refractivity contribution >= 4 is 23.4 Å². The van der Waals surface area contributed by atoms with Crippen LogP contribution in [0.2, 0.25) is 0 Å². The largest absolute Gasteiger partial charge is 0.372 e. The molecule has 0 radical (unpaired) electrons. The molecule has 3 amide bonds. The van der Waals surface area contributed by atoms with Crippen LogP contribution in [0.4, 0.5) is 16.3 Å². The predicted molar refractivity (Wildman–Crippen MR) is 121 cm³/mol. The molecule has 0 spiro atoms. The normalized spacial score (nSPS) is 18.5. The van der Waals surface area contributed by atoms with Crippen molar-refractivity contribution < 1.29 is 14.3 Å². The van der Waals surface area contributed by atoms with Crippen molar-refractivity contribution in [3.63, 3.8) is 0 Å². The Labute approximate surface area is 183 Å². The Kier molecular flexibility index (Phi) is 7.46. The number of ether oxygens (including phenoxy) is 1. The van der Waals surface area contributed by atoms with Crippen LogP contribution in [0.1, 0.15) is 43.6 Å². The Morgan fingerprint density at radius 2 is 1.90 bits per heavy atom. The minimum absolute atomic E-state index is 0.0292. The van der Waals surface area contributed by atoms with E-state index in [1.807, 2.05) is 26.0 Å². The molecule has 0 aliphatic carbocycles. The monoisotopic (exact) mass is 425 g/mol. The molecule has 31 heavy (non-hydrogen) atoms. The van der Waals surface area contributed by atoms with E-state index in [0.717, 1.165) is 24.5 Å². The number of rotatable bonds is 6. The number of nitrogens with one attached hydrogen (secondary N) is 3. The van der Waals surface area contributed by atoms with Crippen molar-refractivity contribution in [2.24, 2.45) is 0 Å². The molecule has 2 unspecified atom stereocenters. The minimum atomic E-state index is -0.303. The second kappa shape index (κ2) is 10.3. The number of anilines is 2. The van der Waals surface area contributed by atoms with Gasteiger partial charge in [0.15, 0.2) is 0 Å². The minimum Gasteiger partial charge on any atom is -0.372 e. The fraction of sp³-hybridized carbons (Fsp3) is 0.435. The van der Waals surface area contributed by atoms with Gasteiger partial charge in [-0.15, -0.1) is 0 Å². The van der Waals surface area contributed by atoms with Gasteiger partial charge in [-0.3, -0.25) is 4.79 Å². The molecule has 1 saturated heterocycles. The van der Waals surface area contributed by atoms with Gasteiger partial charge in [0, 0.05) is 43.1 Å². The zero-order valence-corrected chi connectivity index (χ0v) is 18.5. The summed E-state index contributed by atoms with van der Waals surface area (Å²) in [6, 6.07) is 10.5. The zero-order chi connectivity index (χ0) is 22.4. The number of benzene rings is 1. The summed E-state index contributed by atoms with van der Waals surface area (Å²) in [5, 5.41) is 8.38. The molecule has 2 atom stereocenters. The van der Waals surface area contributed by atoms with Crippen molar-refractivity contribution in [3.8, 4) is 0 Å². The van der Waals surface area contributed by atoms with Gasteiger partial charge in [0.05, 0.1) is 12.2 Å². The first-order valence-electron chi connectivity index (χ1n) is 10.6. The third kappa shape index (κ3) is 6.68. The van der Waals surface area contributed by atoms with E-state index >= 15 is 0 Å². The van der Waals surface area contributed by atoms with E-state index in [4.69, 9.17) is 4.74 Å². The van der Waals surface area contributed by atoms with Crippen molar-refractivity contribution in [2.45, 2.75) is 52.5 Å². The second-order valence-corrected chi connectivity index (χ2v) is 8.20. The number of morpholine rings is 1. The molecule has 1 fully saturated rings. The van der Waals surface area contributed by atoms with Gasteiger partial charge in [0.25, 0.3) is 5.91 Å². The van der Waals surface area contributed by atoms with Crippen LogP contribution in [0.25, 0.3) is 0 Å². The molecular formula is C23H31N5O3. The van der Waals surface area contributed by atoms with E-state index in [0.29, 0.717) is 17.8 Å². The van der Waals surface area contributed by atoms with Gasteiger partial charge in [0.2, 0.25) is 0 Å². The number of nitrogens with zero attached hydrogens (tertiary/aromatic N) is 2. The zero-order valence-electron chi connectivity index (χ0n) is 18.5. The molecule has 8 heteroatoms. The molecule has 8 nitrogen and oxygen atoms in total. The van der Waals surface area contributed by atoms with Crippen LogP contribution in [0, 0.1) is 0 Å². The van der Waals surface area contributed by atoms with Crippen LogP contribution >= 0.6 is 0 Å². The Bertz CT molecular complexity index is 890. The van der Waals surface area contributed by atoms with Crippen LogP contribution in [0.3, 0.4) is 0 Å². The van der Waals surface area contributed by atoms with E-state index in [-0.39, 0.29) is 30.2 Å². The summed E-state index contributed by atoms with van der Waals surface area (Å²) in [7, 11) is 0. The van der Waals surface area contributed by atoms with Gasteiger partial charge in [-0.25, -0.2) is 9.78 Å². The van der Waals surface area contributed by atoms with Crippen molar-refractivity contribution in [2.75, 3.05) is 23.3 Å². The third-order valence-corrected chi connectivity index (χ3v) is 4.81. The Hall–Kier alpha value is -3.13. The lowest BCUT2D eigenvalue weighted by atomic mass is 10.1. The molecule has 0 bridgehead atoms. The highest BCUT2D eigenvalue weighted by Crippen LogP contribution is 2.18. The fourth-order valence-corrected chi connectivity index (χ4v) is 3.53. The summed E-state index contributed by atoms with van der Waals surface area (Å²) in [6.07, 6.45) is 2.13. The summed E-state index contributed by atoms with van der Waals surface area (Å²) in [5.74, 6) is 0.698.